The Morgan fingerprint density at radius 3 is 3.20 bits per heavy atom. The van der Waals surface area contributed by atoms with Gasteiger partial charge in [-0.3, -0.25) is 4.40 Å². The minimum atomic E-state index is 0.121. The van der Waals surface area contributed by atoms with Gasteiger partial charge in [-0.1, -0.05) is 24.3 Å². The minimum Gasteiger partial charge on any atom is -0.303 e. The van der Waals surface area contributed by atoms with Crippen molar-refractivity contribution in [1.82, 2.24) is 14.7 Å². The standard InChI is InChI=1S/C15H14ClN3S/c16-13-7-10-3-1-2-4-12(10)14(13)17-8-11-9-19-5-6-20-15(19)18-11/h1-6,9,13-14,17H,7-8H2. The summed E-state index contributed by atoms with van der Waals surface area (Å²) in [5.74, 6) is 0. The average molecular weight is 304 g/mol. The normalized spacial score (nSPS) is 21.4. The SMILES string of the molecule is ClC1Cc2ccccc2C1NCc1cn2ccsc2n1. The summed E-state index contributed by atoms with van der Waals surface area (Å²) >= 11 is 8.13. The predicted molar refractivity (Wildman–Crippen MR) is 82.4 cm³/mol. The number of nitrogens with zero attached hydrogens (tertiary/aromatic N) is 2. The second kappa shape index (κ2) is 4.88. The Morgan fingerprint density at radius 1 is 1.40 bits per heavy atom. The molecule has 0 aliphatic heterocycles. The van der Waals surface area contributed by atoms with Crippen LogP contribution in [0.5, 0.6) is 0 Å². The molecule has 2 unspecified atom stereocenters. The van der Waals surface area contributed by atoms with Crippen LogP contribution >= 0.6 is 22.9 Å². The number of thiazole rings is 1. The van der Waals surface area contributed by atoms with Crippen LogP contribution in [0.3, 0.4) is 0 Å². The van der Waals surface area contributed by atoms with Crippen LogP contribution in [0.4, 0.5) is 0 Å². The van der Waals surface area contributed by atoms with Crippen LogP contribution in [0.25, 0.3) is 4.96 Å². The summed E-state index contributed by atoms with van der Waals surface area (Å²) in [6.07, 6.45) is 5.04. The molecular weight excluding hydrogens is 290 g/mol. The zero-order valence-corrected chi connectivity index (χ0v) is 12.4. The third-order valence-corrected chi connectivity index (χ3v) is 4.99. The van der Waals surface area contributed by atoms with E-state index in [0.29, 0.717) is 0 Å². The highest BCUT2D eigenvalue weighted by molar-refractivity contribution is 7.15. The third kappa shape index (κ3) is 2.04. The molecule has 0 radical (unpaired) electrons. The molecule has 20 heavy (non-hydrogen) atoms. The summed E-state index contributed by atoms with van der Waals surface area (Å²) in [7, 11) is 0. The average Bonchev–Trinajstić information content (AvgIpc) is 3.08. The van der Waals surface area contributed by atoms with Crippen molar-refractivity contribution < 1.29 is 0 Å². The van der Waals surface area contributed by atoms with Gasteiger partial charge in [0.25, 0.3) is 0 Å². The van der Waals surface area contributed by atoms with Gasteiger partial charge in [0, 0.05) is 30.4 Å². The summed E-state index contributed by atoms with van der Waals surface area (Å²) in [6.45, 7) is 0.747. The van der Waals surface area contributed by atoms with Crippen LogP contribution in [-0.4, -0.2) is 14.8 Å². The summed E-state index contributed by atoms with van der Waals surface area (Å²) in [5, 5.41) is 5.72. The Kier molecular flexibility index (Phi) is 3.02. The molecule has 5 heteroatoms. The molecule has 1 aliphatic rings. The van der Waals surface area contributed by atoms with E-state index < -0.39 is 0 Å². The van der Waals surface area contributed by atoms with Crippen LogP contribution < -0.4 is 5.32 Å². The summed E-state index contributed by atoms with van der Waals surface area (Å²) in [4.78, 5) is 5.63. The van der Waals surface area contributed by atoms with Gasteiger partial charge in [0.2, 0.25) is 0 Å². The van der Waals surface area contributed by atoms with E-state index in [4.69, 9.17) is 11.6 Å². The Labute approximate surface area is 126 Å². The molecule has 0 bridgehead atoms. The highest BCUT2D eigenvalue weighted by Gasteiger charge is 2.30. The van der Waals surface area contributed by atoms with Crippen LogP contribution in [0.15, 0.2) is 42.0 Å². The third-order valence-electron chi connectivity index (χ3n) is 3.81. The Hall–Kier alpha value is -1.36. The van der Waals surface area contributed by atoms with Gasteiger partial charge in [-0.2, -0.15) is 0 Å². The topological polar surface area (TPSA) is 29.3 Å². The Bertz CT molecular complexity index is 720. The van der Waals surface area contributed by atoms with Gasteiger partial charge in [0.05, 0.1) is 11.1 Å². The minimum absolute atomic E-state index is 0.121. The first-order chi connectivity index (χ1) is 9.81. The van der Waals surface area contributed by atoms with Crippen molar-refractivity contribution in [3.05, 3.63) is 58.9 Å². The van der Waals surface area contributed by atoms with Crippen LogP contribution in [0.2, 0.25) is 0 Å². The molecule has 0 saturated carbocycles. The van der Waals surface area contributed by atoms with Gasteiger partial charge >= 0.3 is 0 Å². The van der Waals surface area contributed by atoms with Crippen molar-refractivity contribution in [3.8, 4) is 0 Å². The summed E-state index contributed by atoms with van der Waals surface area (Å²) in [5.41, 5.74) is 3.74. The molecule has 2 aromatic heterocycles. The number of benzene rings is 1. The van der Waals surface area contributed by atoms with E-state index in [1.54, 1.807) is 11.3 Å². The van der Waals surface area contributed by atoms with Gasteiger partial charge in [-0.15, -0.1) is 22.9 Å². The van der Waals surface area contributed by atoms with Crippen LogP contribution in [0.1, 0.15) is 22.9 Å². The van der Waals surface area contributed by atoms with Crippen LogP contribution in [-0.2, 0) is 13.0 Å². The zero-order valence-electron chi connectivity index (χ0n) is 10.8. The van der Waals surface area contributed by atoms with Crippen molar-refractivity contribution >= 4 is 27.9 Å². The maximum absolute atomic E-state index is 6.48. The van der Waals surface area contributed by atoms with E-state index >= 15 is 0 Å². The molecule has 1 aliphatic carbocycles. The number of hydrogen-bond acceptors (Lipinski definition) is 3. The second-order valence-electron chi connectivity index (χ2n) is 5.10. The Balaban J connectivity index is 1.53. The van der Waals surface area contributed by atoms with Gasteiger partial charge < -0.3 is 5.32 Å². The molecule has 3 aromatic rings. The molecule has 0 saturated heterocycles. The molecule has 0 spiro atoms. The molecule has 102 valence electrons. The second-order valence-corrected chi connectivity index (χ2v) is 6.54. The molecule has 2 atom stereocenters. The predicted octanol–water partition coefficient (Wildman–Crippen LogP) is 3.39. The zero-order chi connectivity index (χ0) is 13.5. The van der Waals surface area contributed by atoms with Gasteiger partial charge in [0.15, 0.2) is 4.96 Å². The number of hydrogen-bond donors (Lipinski definition) is 1. The molecule has 1 aromatic carbocycles. The highest BCUT2D eigenvalue weighted by Crippen LogP contribution is 2.34. The first kappa shape index (κ1) is 12.4. The number of nitrogens with one attached hydrogen (secondary N) is 1. The quantitative estimate of drug-likeness (QED) is 0.752. The van der Waals surface area contributed by atoms with Crippen molar-refractivity contribution in [2.45, 2.75) is 24.4 Å². The fraction of sp³-hybridized carbons (Fsp3) is 0.267. The lowest BCUT2D eigenvalue weighted by atomic mass is 10.1. The molecule has 4 rings (SSSR count). The lowest BCUT2D eigenvalue weighted by Gasteiger charge is -2.16. The first-order valence-electron chi connectivity index (χ1n) is 6.67. The van der Waals surface area contributed by atoms with E-state index in [-0.39, 0.29) is 11.4 Å². The van der Waals surface area contributed by atoms with Gasteiger partial charge in [0.1, 0.15) is 0 Å². The van der Waals surface area contributed by atoms with Gasteiger partial charge in [-0.25, -0.2) is 4.98 Å². The van der Waals surface area contributed by atoms with Crippen molar-refractivity contribution in [1.29, 1.82) is 0 Å². The van der Waals surface area contributed by atoms with E-state index in [1.165, 1.54) is 11.1 Å². The van der Waals surface area contributed by atoms with Gasteiger partial charge in [-0.05, 0) is 17.5 Å². The molecule has 1 N–H and O–H groups in total. The Morgan fingerprint density at radius 2 is 2.30 bits per heavy atom. The maximum atomic E-state index is 6.48. The number of fused-ring (bicyclic) bond motifs is 2. The smallest absolute Gasteiger partial charge is 0.193 e. The molecular formula is C15H14ClN3S. The van der Waals surface area contributed by atoms with Crippen LogP contribution in [0, 0.1) is 0 Å². The fourth-order valence-electron chi connectivity index (χ4n) is 2.86. The summed E-state index contributed by atoms with van der Waals surface area (Å²) in [6, 6.07) is 8.70. The molecule has 0 fully saturated rings. The molecule has 2 heterocycles. The van der Waals surface area contributed by atoms with Crippen molar-refractivity contribution in [2.24, 2.45) is 0 Å². The first-order valence-corrected chi connectivity index (χ1v) is 7.99. The summed E-state index contributed by atoms with van der Waals surface area (Å²) < 4.78 is 2.06. The molecule has 3 nitrogen and oxygen atoms in total. The monoisotopic (exact) mass is 303 g/mol. The number of imidazole rings is 1. The van der Waals surface area contributed by atoms with E-state index in [9.17, 15) is 0 Å². The van der Waals surface area contributed by atoms with E-state index in [2.05, 4.69) is 45.2 Å². The highest BCUT2D eigenvalue weighted by atomic mass is 35.5. The number of halogens is 1. The number of rotatable bonds is 3. The van der Waals surface area contributed by atoms with Crippen molar-refractivity contribution in [2.75, 3.05) is 0 Å². The number of aromatic nitrogens is 2. The fourth-order valence-corrected chi connectivity index (χ4v) is 3.97. The van der Waals surface area contributed by atoms with E-state index in [1.807, 2.05) is 11.6 Å². The lowest BCUT2D eigenvalue weighted by Crippen LogP contribution is -2.25. The number of alkyl halides is 1. The largest absolute Gasteiger partial charge is 0.303 e. The van der Waals surface area contributed by atoms with Crippen molar-refractivity contribution in [3.63, 3.8) is 0 Å². The lowest BCUT2D eigenvalue weighted by molar-refractivity contribution is 0.532. The molecule has 0 amide bonds. The maximum Gasteiger partial charge on any atom is 0.193 e. The van der Waals surface area contributed by atoms with E-state index in [0.717, 1.165) is 23.6 Å².